The van der Waals surface area contributed by atoms with Crippen LogP contribution >= 0.6 is 0 Å². The van der Waals surface area contributed by atoms with Crippen LogP contribution in [0.5, 0.6) is 0 Å². The molecule has 5 nitrogen and oxygen atoms in total. The minimum absolute atomic E-state index is 0.0166. The summed E-state index contributed by atoms with van der Waals surface area (Å²) in [6.45, 7) is 13.4. The molecule has 2 N–H and O–H groups in total. The number of likely N-dealkylation sites (N-methyl/N-ethyl adjacent to an activating group) is 1. The van der Waals surface area contributed by atoms with Gasteiger partial charge in [-0.05, 0) is 46.0 Å². The number of aliphatic imine (C=N–C) groups is 1. The molecule has 1 rings (SSSR count). The Kier molecular flexibility index (Phi) is 6.75. The zero-order valence-electron chi connectivity index (χ0n) is 14.2. The van der Waals surface area contributed by atoms with Gasteiger partial charge in [-0.1, -0.05) is 13.8 Å². The summed E-state index contributed by atoms with van der Waals surface area (Å²) in [5.74, 6) is 1.80. The number of hydrogen-bond donors (Lipinski definition) is 2. The van der Waals surface area contributed by atoms with Crippen LogP contribution in [0.2, 0.25) is 0 Å². The van der Waals surface area contributed by atoms with E-state index in [0.29, 0.717) is 0 Å². The van der Waals surface area contributed by atoms with Gasteiger partial charge >= 0.3 is 0 Å². The smallest absolute Gasteiger partial charge is 0.191 e. The summed E-state index contributed by atoms with van der Waals surface area (Å²) in [6, 6.07) is 4.17. The van der Waals surface area contributed by atoms with Crippen LogP contribution in [0.1, 0.15) is 46.4 Å². The number of rotatable bonds is 6. The Hall–Kier alpha value is -1.49. The van der Waals surface area contributed by atoms with Crippen LogP contribution in [0.25, 0.3) is 0 Å². The topological polar surface area (TPSA) is 52.8 Å². The van der Waals surface area contributed by atoms with E-state index in [4.69, 9.17) is 4.42 Å². The lowest BCUT2D eigenvalue weighted by molar-refractivity contribution is 0.193. The number of hydrogen-bond acceptors (Lipinski definition) is 3. The van der Waals surface area contributed by atoms with Gasteiger partial charge in [-0.2, -0.15) is 0 Å². The third-order valence-electron chi connectivity index (χ3n) is 3.30. The number of nitrogens with one attached hydrogen (secondary N) is 2. The molecule has 0 aliphatic heterocycles. The van der Waals surface area contributed by atoms with E-state index in [9.17, 15) is 0 Å². The largest absolute Gasteiger partial charge is 0.468 e. The van der Waals surface area contributed by atoms with E-state index in [1.165, 1.54) is 0 Å². The Balaban J connectivity index is 2.74. The van der Waals surface area contributed by atoms with E-state index in [-0.39, 0.29) is 11.6 Å². The minimum atomic E-state index is -0.0166. The summed E-state index contributed by atoms with van der Waals surface area (Å²) < 4.78 is 5.61. The van der Waals surface area contributed by atoms with E-state index in [1.54, 1.807) is 13.3 Å². The van der Waals surface area contributed by atoms with E-state index in [1.807, 2.05) is 12.1 Å². The molecule has 0 amide bonds. The van der Waals surface area contributed by atoms with Gasteiger partial charge in [0, 0.05) is 19.1 Å². The second kappa shape index (κ2) is 8.08. The average Bonchev–Trinajstić information content (AvgIpc) is 2.94. The van der Waals surface area contributed by atoms with Crippen LogP contribution in [0.15, 0.2) is 27.8 Å². The minimum Gasteiger partial charge on any atom is -0.468 e. The highest BCUT2D eigenvalue weighted by Crippen LogP contribution is 2.20. The van der Waals surface area contributed by atoms with Gasteiger partial charge in [0.25, 0.3) is 0 Å². The molecule has 0 saturated carbocycles. The second-order valence-electron chi connectivity index (χ2n) is 6.08. The maximum absolute atomic E-state index is 5.61. The van der Waals surface area contributed by atoms with Crippen LogP contribution in [0.3, 0.4) is 0 Å². The third kappa shape index (κ3) is 5.79. The molecule has 0 bridgehead atoms. The first-order valence-corrected chi connectivity index (χ1v) is 7.67. The van der Waals surface area contributed by atoms with E-state index >= 15 is 0 Å². The molecule has 0 aliphatic carbocycles. The van der Waals surface area contributed by atoms with Crippen molar-refractivity contribution in [1.82, 2.24) is 15.5 Å². The summed E-state index contributed by atoms with van der Waals surface area (Å²) in [5, 5.41) is 6.77. The first-order chi connectivity index (χ1) is 9.91. The van der Waals surface area contributed by atoms with E-state index < -0.39 is 0 Å². The van der Waals surface area contributed by atoms with Crippen molar-refractivity contribution in [3.63, 3.8) is 0 Å². The van der Waals surface area contributed by atoms with Crippen molar-refractivity contribution in [2.45, 2.75) is 46.2 Å². The fourth-order valence-corrected chi connectivity index (χ4v) is 2.28. The van der Waals surface area contributed by atoms with Crippen LogP contribution < -0.4 is 10.6 Å². The number of guanidine groups is 1. The summed E-state index contributed by atoms with van der Waals surface area (Å²) in [7, 11) is 1.79. The van der Waals surface area contributed by atoms with Crippen LogP contribution in [-0.2, 0) is 0 Å². The Labute approximate surface area is 128 Å². The van der Waals surface area contributed by atoms with Crippen molar-refractivity contribution in [3.8, 4) is 0 Å². The van der Waals surface area contributed by atoms with Crippen molar-refractivity contribution in [3.05, 3.63) is 24.2 Å². The van der Waals surface area contributed by atoms with Crippen molar-refractivity contribution >= 4 is 5.96 Å². The Morgan fingerprint density at radius 1 is 1.33 bits per heavy atom. The van der Waals surface area contributed by atoms with Gasteiger partial charge in [0.1, 0.15) is 5.76 Å². The first kappa shape index (κ1) is 17.6. The highest BCUT2D eigenvalue weighted by atomic mass is 16.3. The average molecular weight is 294 g/mol. The summed E-state index contributed by atoms with van der Waals surface area (Å²) in [4.78, 5) is 6.65. The number of furan rings is 1. The summed E-state index contributed by atoms with van der Waals surface area (Å²) >= 11 is 0. The predicted molar refractivity (Wildman–Crippen MR) is 88.6 cm³/mol. The first-order valence-electron chi connectivity index (χ1n) is 7.67. The van der Waals surface area contributed by atoms with Crippen molar-refractivity contribution in [1.29, 1.82) is 0 Å². The van der Waals surface area contributed by atoms with Crippen LogP contribution in [0.4, 0.5) is 0 Å². The van der Waals surface area contributed by atoms with E-state index in [0.717, 1.165) is 31.4 Å². The summed E-state index contributed by atoms with van der Waals surface area (Å²) in [6.07, 6.45) is 1.73. The molecule has 1 atom stereocenters. The summed E-state index contributed by atoms with van der Waals surface area (Å²) in [5.41, 5.74) is -0.0166. The fourth-order valence-electron chi connectivity index (χ4n) is 2.28. The zero-order chi connectivity index (χ0) is 15.9. The fraction of sp³-hybridized carbons (Fsp3) is 0.688. The predicted octanol–water partition coefficient (Wildman–Crippen LogP) is 2.63. The second-order valence-corrected chi connectivity index (χ2v) is 6.08. The maximum atomic E-state index is 5.61. The Morgan fingerprint density at radius 3 is 2.43 bits per heavy atom. The standard InChI is InChI=1S/C16H30N4O/c1-7-20(8-2)13(14-10-9-11-21-14)12-18-15(17-6)19-16(3,4)5/h9-11,13H,7-8,12H2,1-6H3,(H2,17,18,19). The Bertz CT molecular complexity index is 416. The SMILES string of the molecule is CCN(CC)C(CNC(=NC)NC(C)(C)C)c1ccco1. The molecule has 1 unspecified atom stereocenters. The van der Waals surface area contributed by atoms with Gasteiger partial charge in [-0.3, -0.25) is 9.89 Å². The molecule has 0 saturated heterocycles. The molecular formula is C16H30N4O. The number of nitrogens with zero attached hydrogens (tertiary/aromatic N) is 2. The van der Waals surface area contributed by atoms with Crippen molar-refractivity contribution in [2.75, 3.05) is 26.7 Å². The molecule has 1 aromatic heterocycles. The van der Waals surface area contributed by atoms with Crippen molar-refractivity contribution < 1.29 is 4.42 Å². The molecule has 5 heteroatoms. The lowest BCUT2D eigenvalue weighted by Gasteiger charge is -2.30. The van der Waals surface area contributed by atoms with E-state index in [2.05, 4.69) is 55.1 Å². The molecule has 0 spiro atoms. The molecule has 0 radical (unpaired) electrons. The highest BCUT2D eigenvalue weighted by Gasteiger charge is 2.21. The lowest BCUT2D eigenvalue weighted by Crippen LogP contribution is -2.49. The molecule has 0 aliphatic rings. The lowest BCUT2D eigenvalue weighted by atomic mass is 10.1. The van der Waals surface area contributed by atoms with Crippen LogP contribution in [0, 0.1) is 0 Å². The van der Waals surface area contributed by atoms with Crippen molar-refractivity contribution in [2.24, 2.45) is 4.99 Å². The Morgan fingerprint density at radius 2 is 2.00 bits per heavy atom. The highest BCUT2D eigenvalue weighted by molar-refractivity contribution is 5.80. The van der Waals surface area contributed by atoms with Crippen LogP contribution in [-0.4, -0.2) is 43.1 Å². The molecule has 1 heterocycles. The maximum Gasteiger partial charge on any atom is 0.191 e. The molecule has 0 fully saturated rings. The van der Waals surface area contributed by atoms with Gasteiger partial charge in [0.05, 0.1) is 12.3 Å². The van der Waals surface area contributed by atoms with Gasteiger partial charge < -0.3 is 15.1 Å². The molecule has 21 heavy (non-hydrogen) atoms. The van der Waals surface area contributed by atoms with Gasteiger partial charge in [-0.15, -0.1) is 0 Å². The molecule has 1 aromatic rings. The molecule has 0 aromatic carbocycles. The van der Waals surface area contributed by atoms with Gasteiger partial charge in [0.2, 0.25) is 0 Å². The van der Waals surface area contributed by atoms with Gasteiger partial charge in [-0.25, -0.2) is 0 Å². The molecular weight excluding hydrogens is 264 g/mol. The monoisotopic (exact) mass is 294 g/mol. The van der Waals surface area contributed by atoms with Gasteiger partial charge in [0.15, 0.2) is 5.96 Å². The zero-order valence-corrected chi connectivity index (χ0v) is 14.2. The normalized spacial score (nSPS) is 14.3. The molecule has 120 valence electrons. The third-order valence-corrected chi connectivity index (χ3v) is 3.30. The quantitative estimate of drug-likeness (QED) is 0.625.